The van der Waals surface area contributed by atoms with Gasteiger partial charge in [0.1, 0.15) is 5.75 Å². The van der Waals surface area contributed by atoms with E-state index in [1.54, 1.807) is 17.4 Å². The maximum atomic E-state index is 14.0. The van der Waals surface area contributed by atoms with E-state index in [2.05, 4.69) is 24.0 Å². The van der Waals surface area contributed by atoms with E-state index in [1.807, 2.05) is 48.5 Å². The minimum absolute atomic E-state index is 0.0374. The maximum absolute atomic E-state index is 14.0. The Morgan fingerprint density at radius 3 is 2.41 bits per heavy atom. The van der Waals surface area contributed by atoms with Crippen LogP contribution in [0.3, 0.4) is 0 Å². The number of hydrogen-bond donors (Lipinski definition) is 0. The van der Waals surface area contributed by atoms with E-state index < -0.39 is 0 Å². The van der Waals surface area contributed by atoms with Gasteiger partial charge < -0.3 is 14.4 Å². The summed E-state index contributed by atoms with van der Waals surface area (Å²) in [5.74, 6) is 0.351. The van der Waals surface area contributed by atoms with Gasteiger partial charge in [0.05, 0.1) is 19.3 Å². The van der Waals surface area contributed by atoms with Gasteiger partial charge in [0.15, 0.2) is 5.78 Å². The molecule has 3 aromatic carbocycles. The molecule has 1 saturated heterocycles. The van der Waals surface area contributed by atoms with Crippen molar-refractivity contribution in [3.63, 3.8) is 0 Å². The first-order valence-corrected chi connectivity index (χ1v) is 14.6. The monoisotopic (exact) mass is 541 g/mol. The van der Waals surface area contributed by atoms with Gasteiger partial charge in [-0.15, -0.1) is 11.3 Å². The average Bonchev–Trinajstić information content (AvgIpc) is 3.38. The zero-order valence-electron chi connectivity index (χ0n) is 22.7. The van der Waals surface area contributed by atoms with Gasteiger partial charge in [-0.1, -0.05) is 43.7 Å². The van der Waals surface area contributed by atoms with Gasteiger partial charge in [-0.25, -0.2) is 4.79 Å². The first kappa shape index (κ1) is 27.1. The lowest BCUT2D eigenvalue weighted by atomic mass is 9.94. The van der Waals surface area contributed by atoms with Crippen molar-refractivity contribution in [3.05, 3.63) is 89.0 Å². The zero-order valence-corrected chi connectivity index (χ0v) is 23.5. The molecule has 0 N–H and O–H groups in total. The van der Waals surface area contributed by atoms with E-state index in [0.717, 1.165) is 45.7 Å². The van der Waals surface area contributed by atoms with Crippen molar-refractivity contribution >= 4 is 33.2 Å². The van der Waals surface area contributed by atoms with Crippen molar-refractivity contribution in [2.45, 2.75) is 39.0 Å². The molecule has 202 valence electrons. The molecule has 0 radical (unpaired) electrons. The zero-order chi connectivity index (χ0) is 27.2. The smallest absolute Gasteiger partial charge is 0.337 e. The van der Waals surface area contributed by atoms with Crippen LogP contribution in [0.25, 0.3) is 20.5 Å². The Morgan fingerprint density at radius 1 is 0.923 bits per heavy atom. The molecule has 0 spiro atoms. The molecule has 0 amide bonds. The van der Waals surface area contributed by atoms with Crippen molar-refractivity contribution in [3.8, 4) is 16.2 Å². The molecule has 5 nitrogen and oxygen atoms in total. The number of rotatable bonds is 10. The lowest BCUT2D eigenvalue weighted by molar-refractivity contribution is 0.0601. The lowest BCUT2D eigenvalue weighted by Crippen LogP contribution is -2.31. The Morgan fingerprint density at radius 2 is 1.67 bits per heavy atom. The highest BCUT2D eigenvalue weighted by Gasteiger charge is 2.23. The molecule has 1 aliphatic heterocycles. The van der Waals surface area contributed by atoms with Crippen LogP contribution >= 0.6 is 11.3 Å². The van der Waals surface area contributed by atoms with Gasteiger partial charge in [0.25, 0.3) is 0 Å². The quantitative estimate of drug-likeness (QED) is 0.119. The van der Waals surface area contributed by atoms with Crippen LogP contribution in [-0.2, 0) is 11.2 Å². The number of benzene rings is 3. The van der Waals surface area contributed by atoms with Gasteiger partial charge in [0, 0.05) is 32.6 Å². The Balaban J connectivity index is 1.40. The highest BCUT2D eigenvalue weighted by molar-refractivity contribution is 7.22. The predicted molar refractivity (Wildman–Crippen MR) is 158 cm³/mol. The van der Waals surface area contributed by atoms with Crippen molar-refractivity contribution in [1.82, 2.24) is 4.90 Å². The number of hydrogen-bond acceptors (Lipinski definition) is 6. The van der Waals surface area contributed by atoms with Crippen molar-refractivity contribution < 1.29 is 19.1 Å². The van der Waals surface area contributed by atoms with E-state index in [0.29, 0.717) is 23.3 Å². The third-order valence-electron chi connectivity index (χ3n) is 7.43. The first-order chi connectivity index (χ1) is 19.1. The van der Waals surface area contributed by atoms with Gasteiger partial charge in [-0.3, -0.25) is 4.79 Å². The minimum atomic E-state index is -0.389. The third-order valence-corrected chi connectivity index (χ3v) is 8.62. The molecule has 0 atom stereocenters. The number of likely N-dealkylation sites (tertiary alicyclic amines) is 1. The van der Waals surface area contributed by atoms with Gasteiger partial charge in [-0.05, 0) is 86.3 Å². The summed E-state index contributed by atoms with van der Waals surface area (Å²) in [4.78, 5) is 29.6. The topological polar surface area (TPSA) is 55.8 Å². The van der Waals surface area contributed by atoms with E-state index in [4.69, 9.17) is 9.47 Å². The SMILES string of the molecule is CCc1ccccc1-c1sc2cc(C(=O)OC)ccc2c1C(=O)c1ccc(OCCCN2CCCCC2)cc1. The number of ether oxygens (including phenoxy) is 2. The van der Waals surface area contributed by atoms with Crippen LogP contribution < -0.4 is 4.74 Å². The molecule has 1 fully saturated rings. The number of carbonyl (C=O) groups excluding carboxylic acids is 2. The number of nitrogens with zero attached hydrogens (tertiary/aromatic N) is 1. The predicted octanol–water partition coefficient (Wildman–Crippen LogP) is 7.40. The molecule has 1 aliphatic rings. The summed E-state index contributed by atoms with van der Waals surface area (Å²) < 4.78 is 11.8. The van der Waals surface area contributed by atoms with Crippen LogP contribution in [0.5, 0.6) is 5.75 Å². The molecule has 4 aromatic rings. The number of ketones is 1. The van der Waals surface area contributed by atoms with E-state index in [9.17, 15) is 9.59 Å². The molecular formula is C33H35NO4S. The Labute approximate surface area is 234 Å². The number of esters is 1. The minimum Gasteiger partial charge on any atom is -0.494 e. The molecule has 39 heavy (non-hydrogen) atoms. The molecule has 2 heterocycles. The van der Waals surface area contributed by atoms with Crippen LogP contribution in [0, 0.1) is 0 Å². The van der Waals surface area contributed by atoms with Gasteiger partial charge in [0.2, 0.25) is 0 Å². The fraction of sp³-hybridized carbons (Fsp3) is 0.333. The molecule has 6 heteroatoms. The second kappa shape index (κ2) is 12.6. The number of fused-ring (bicyclic) bond motifs is 1. The van der Waals surface area contributed by atoms with E-state index in [-0.39, 0.29) is 11.8 Å². The third kappa shape index (κ3) is 6.07. The fourth-order valence-electron chi connectivity index (χ4n) is 5.31. The Hall–Kier alpha value is -3.48. The second-order valence-corrected chi connectivity index (χ2v) is 11.0. The highest BCUT2D eigenvalue weighted by atomic mass is 32.1. The summed E-state index contributed by atoms with van der Waals surface area (Å²) in [5, 5.41) is 0.844. The lowest BCUT2D eigenvalue weighted by Gasteiger charge is -2.26. The van der Waals surface area contributed by atoms with Crippen LogP contribution in [0.1, 0.15) is 64.4 Å². The summed E-state index contributed by atoms with van der Waals surface area (Å²) in [6, 6.07) is 21.1. The summed E-state index contributed by atoms with van der Waals surface area (Å²) in [7, 11) is 1.38. The standard InChI is InChI=1S/C33H35NO4S/c1-3-23-10-5-6-11-27(23)32-30(28-17-14-25(33(36)37-2)22-29(28)39-32)31(35)24-12-15-26(16-13-24)38-21-9-20-34-18-7-4-8-19-34/h5-6,10-17,22H,3-4,7-9,18-21H2,1-2H3. The Bertz CT molecular complexity index is 1450. The highest BCUT2D eigenvalue weighted by Crippen LogP contribution is 2.42. The fourth-order valence-corrected chi connectivity index (χ4v) is 6.61. The summed E-state index contributed by atoms with van der Waals surface area (Å²) in [6.07, 6.45) is 5.80. The summed E-state index contributed by atoms with van der Waals surface area (Å²) in [5.41, 5.74) is 3.99. The number of aryl methyl sites for hydroxylation is 1. The molecule has 1 aromatic heterocycles. The van der Waals surface area contributed by atoms with E-state index >= 15 is 0 Å². The second-order valence-electron chi connectivity index (χ2n) is 9.98. The molecule has 5 rings (SSSR count). The van der Waals surface area contributed by atoms with Gasteiger partial charge >= 0.3 is 5.97 Å². The number of thiophene rings is 1. The molecule has 0 saturated carbocycles. The average molecular weight is 542 g/mol. The Kier molecular flexibility index (Phi) is 8.74. The van der Waals surface area contributed by atoms with Crippen LogP contribution in [0.15, 0.2) is 66.7 Å². The molecule has 0 bridgehead atoms. The van der Waals surface area contributed by atoms with Crippen molar-refractivity contribution in [2.24, 2.45) is 0 Å². The number of methoxy groups -OCH3 is 1. The number of piperidine rings is 1. The van der Waals surface area contributed by atoms with Crippen LogP contribution in [0.4, 0.5) is 0 Å². The van der Waals surface area contributed by atoms with E-state index in [1.165, 1.54) is 45.0 Å². The summed E-state index contributed by atoms with van der Waals surface area (Å²) in [6.45, 7) is 6.25. The van der Waals surface area contributed by atoms with Crippen molar-refractivity contribution in [2.75, 3.05) is 33.4 Å². The first-order valence-electron chi connectivity index (χ1n) is 13.8. The van der Waals surface area contributed by atoms with Crippen LogP contribution in [-0.4, -0.2) is 50.0 Å². The normalized spacial score (nSPS) is 13.9. The number of carbonyl (C=O) groups is 2. The largest absolute Gasteiger partial charge is 0.494 e. The molecule has 0 aliphatic carbocycles. The molecule has 0 unspecified atom stereocenters. The van der Waals surface area contributed by atoms with Gasteiger partial charge in [-0.2, -0.15) is 0 Å². The molecular weight excluding hydrogens is 506 g/mol. The summed E-state index contributed by atoms with van der Waals surface area (Å²) >= 11 is 1.54. The maximum Gasteiger partial charge on any atom is 0.337 e. The van der Waals surface area contributed by atoms with Crippen LogP contribution in [0.2, 0.25) is 0 Å². The van der Waals surface area contributed by atoms with Crippen molar-refractivity contribution in [1.29, 1.82) is 0 Å².